The quantitative estimate of drug-likeness (QED) is 0.0592. The maximum atomic E-state index is 17.3. The zero-order valence-corrected chi connectivity index (χ0v) is 56.5. The van der Waals surface area contributed by atoms with Crippen molar-refractivity contribution in [2.24, 2.45) is 0 Å². The smallest absolute Gasteiger partial charge is 0.200 e. The molecule has 0 saturated carbocycles. The Bertz CT molecular complexity index is 6690. The van der Waals surface area contributed by atoms with Gasteiger partial charge in [0.15, 0.2) is 198 Å². The van der Waals surface area contributed by atoms with Crippen LogP contribution in [-0.2, 0) is 0 Å². The number of hydrogen-bond donors (Lipinski definition) is 0. The number of benzene rings is 13. The van der Waals surface area contributed by atoms with E-state index in [-0.39, 0.29) is 36.4 Å². The largest absolute Gasteiger partial charge is 0.232 e. The van der Waals surface area contributed by atoms with Crippen molar-refractivity contribution in [3.05, 3.63) is 293 Å². The summed E-state index contributed by atoms with van der Waals surface area (Å²) >= 11 is 0. The molecule has 0 aliphatic rings. The summed E-state index contributed by atoms with van der Waals surface area (Å²) in [6.07, 6.45) is 0. The number of hydrogen-bond acceptors (Lipinski definition) is 4. The lowest BCUT2D eigenvalue weighted by Gasteiger charge is -2.27. The van der Waals surface area contributed by atoms with Crippen LogP contribution >= 0.6 is 0 Å². The average Bonchev–Trinajstić information content (AvgIpc) is 0.703. The number of fused-ring (bicyclic) bond motifs is 6. The summed E-state index contributed by atoms with van der Waals surface area (Å²) < 4.78 is 650. The van der Waals surface area contributed by atoms with E-state index in [4.69, 9.17) is 0 Å². The first-order valence-corrected chi connectivity index (χ1v) is 31.8. The van der Waals surface area contributed by atoms with Crippen LogP contribution in [0.15, 0.2) is 48.5 Å². The Morgan fingerprint density at radius 3 is 0.492 bits per heavy atom. The monoisotopic (exact) mass is 1760 g/mol. The highest BCUT2D eigenvalue weighted by Crippen LogP contribution is 2.60. The first-order chi connectivity index (χ1) is 57.2. The highest BCUT2D eigenvalue weighted by molar-refractivity contribution is 6.25. The van der Waals surface area contributed by atoms with Crippen molar-refractivity contribution in [3.63, 3.8) is 0 Å². The minimum atomic E-state index is -3.67. The zero-order valence-electron chi connectivity index (χ0n) is 56.5. The molecule has 0 amide bonds. The van der Waals surface area contributed by atoms with Crippen LogP contribution < -0.4 is 0 Å². The van der Waals surface area contributed by atoms with Crippen LogP contribution in [0, 0.1) is 255 Å². The molecule has 0 radical (unpaired) electrons. The van der Waals surface area contributed by atoms with Crippen LogP contribution in [0.4, 0.5) is 176 Å². The molecule has 1 aromatic heterocycles. The van der Waals surface area contributed by atoms with E-state index in [1.165, 1.54) is 12.1 Å². The van der Waals surface area contributed by atoms with Crippen molar-refractivity contribution in [2.75, 3.05) is 0 Å². The van der Waals surface area contributed by atoms with Gasteiger partial charge in [0, 0.05) is 44.2 Å². The molecule has 13 aromatic carbocycles. The Balaban J connectivity index is 1.31. The highest BCUT2D eigenvalue weighted by atomic mass is 19.2. The summed E-state index contributed by atoms with van der Waals surface area (Å²) in [7, 11) is 0. The molecule has 14 aromatic rings. The maximum absolute atomic E-state index is 17.3. The normalized spacial score (nSPS) is 11.8. The Kier molecular flexibility index (Phi) is 20.3. The van der Waals surface area contributed by atoms with Crippen molar-refractivity contribution in [2.45, 2.75) is 0 Å². The SMILES string of the molecule is N#Cc1nc2c3ccc(-c4cc(-c5c(F)c(F)c(F)c(F)c5F)c(-c5c(F)c(F)c(F)c(F)c5F)c(-c5c(F)c(F)c(F)c(F)c5F)c4-c4c(F)c(F)c(F)c(F)c4F)cc3c3cc(-c4cc(-c5c(F)c(F)c(F)c(F)c5F)c(-c5c(F)c(F)c(F)c(F)c5F)c(-c5c(F)c(F)c(F)c(F)c5F)c4-c4c(F)c(F)c(F)c(F)c4F)ccc3c2nc1C#N. The third kappa shape index (κ3) is 11.7. The van der Waals surface area contributed by atoms with Gasteiger partial charge in [0.25, 0.3) is 0 Å². The Morgan fingerprint density at radius 2 is 0.311 bits per heavy atom. The predicted molar refractivity (Wildman–Crippen MR) is 337 cm³/mol. The molecule has 1 heterocycles. The second kappa shape index (κ2) is 29.4. The third-order valence-corrected chi connectivity index (χ3v) is 18.9. The van der Waals surface area contributed by atoms with Gasteiger partial charge in [0.2, 0.25) is 46.5 Å². The standard InChI is InChI=1S/C78H8F40N4/c79-37-27(38(80)54(96)69(111)53(37)95)19-7-15(23(31-41(83)57(99)71(113)58(100)42(31)84)29(35-49(91)65(107)75(117)66(108)50(35)92)25(19)33-45(87)61(103)73(115)62(104)46(33)88)11-1-3-13-17(5-11)18-6-12(2-4-14(18)78-77(13)121-21(9-119)22(10-120)122-78)16-8-20(28-39(81)55(97)70(112)56(98)40(28)82)26(34-47(89)63(105)74(116)64(106)48(34)90)30(36-51(93)67(109)76(118)68(110)52(36)94)24(16)32-43(85)59(101)72(114)60(102)44(32)86/h1-8H. The van der Waals surface area contributed by atoms with Gasteiger partial charge in [-0.05, 0) is 68.4 Å². The zero-order chi connectivity index (χ0) is 89.7. The molecular weight excluding hydrogens is 1750 g/mol. The number of rotatable bonds is 10. The second-order valence-electron chi connectivity index (χ2n) is 25.1. The van der Waals surface area contributed by atoms with E-state index >= 15 is 176 Å². The third-order valence-electron chi connectivity index (χ3n) is 18.9. The molecule has 14 rings (SSSR count). The molecule has 0 saturated heterocycles. The van der Waals surface area contributed by atoms with Gasteiger partial charge in [-0.2, -0.15) is 10.5 Å². The van der Waals surface area contributed by atoms with E-state index in [2.05, 4.69) is 9.97 Å². The molecule has 0 unspecified atom stereocenters. The van der Waals surface area contributed by atoms with Crippen LogP contribution in [0.1, 0.15) is 11.4 Å². The van der Waals surface area contributed by atoms with Crippen molar-refractivity contribution in [1.82, 2.24) is 9.97 Å². The van der Waals surface area contributed by atoms with Gasteiger partial charge in [-0.3, -0.25) is 0 Å². The summed E-state index contributed by atoms with van der Waals surface area (Å²) in [6, 6.07) is 1.79. The van der Waals surface area contributed by atoms with E-state index in [1.54, 1.807) is 0 Å². The topological polar surface area (TPSA) is 73.4 Å². The molecule has 0 aliphatic heterocycles. The van der Waals surface area contributed by atoms with E-state index in [0.29, 0.717) is 0 Å². The lowest BCUT2D eigenvalue weighted by atomic mass is 9.77. The van der Waals surface area contributed by atoms with Crippen LogP contribution in [0.25, 0.3) is 144 Å². The van der Waals surface area contributed by atoms with E-state index in [0.717, 1.165) is 0 Å². The Hall–Kier alpha value is -14.1. The highest BCUT2D eigenvalue weighted by Gasteiger charge is 2.45. The molecule has 620 valence electrons. The fourth-order valence-electron chi connectivity index (χ4n) is 13.6. The number of nitrogens with zero attached hydrogens (tertiary/aromatic N) is 4. The minimum absolute atomic E-state index is 0.0157. The maximum Gasteiger partial charge on any atom is 0.200 e. The van der Waals surface area contributed by atoms with E-state index in [1.807, 2.05) is 0 Å². The molecule has 0 fully saturated rings. The molecule has 0 aliphatic carbocycles. The Labute approximate surface area is 643 Å². The molecule has 0 spiro atoms. The van der Waals surface area contributed by atoms with Crippen LogP contribution in [0.3, 0.4) is 0 Å². The van der Waals surface area contributed by atoms with Gasteiger partial charge in [0.05, 0.1) is 55.5 Å². The lowest BCUT2D eigenvalue weighted by molar-refractivity contribution is 0.379. The summed E-state index contributed by atoms with van der Waals surface area (Å²) in [6.45, 7) is 0. The van der Waals surface area contributed by atoms with Gasteiger partial charge in [-0.25, -0.2) is 186 Å². The van der Waals surface area contributed by atoms with Gasteiger partial charge < -0.3 is 0 Å². The fraction of sp³-hybridized carbons (Fsp3) is 0. The molecule has 122 heavy (non-hydrogen) atoms. The molecule has 0 atom stereocenters. The molecule has 44 heteroatoms. The number of halogens is 40. The first-order valence-electron chi connectivity index (χ1n) is 31.8. The van der Waals surface area contributed by atoms with E-state index < -0.39 is 400 Å². The fourth-order valence-corrected chi connectivity index (χ4v) is 13.6. The average molecular weight is 1760 g/mol. The summed E-state index contributed by atoms with van der Waals surface area (Å²) in [5, 5.41) is 15.5. The molecule has 0 N–H and O–H groups in total. The van der Waals surface area contributed by atoms with Crippen molar-refractivity contribution in [1.29, 1.82) is 10.5 Å². The van der Waals surface area contributed by atoms with Gasteiger partial charge >= 0.3 is 0 Å². The van der Waals surface area contributed by atoms with Gasteiger partial charge in [-0.1, -0.05) is 24.3 Å². The number of nitriles is 2. The van der Waals surface area contributed by atoms with Crippen molar-refractivity contribution < 1.29 is 176 Å². The van der Waals surface area contributed by atoms with Gasteiger partial charge in [-0.15, -0.1) is 0 Å². The summed E-state index contributed by atoms with van der Waals surface area (Å²) in [4.78, 5) is 7.83. The molecular formula is C78H8F40N4. The molecule has 4 nitrogen and oxygen atoms in total. The van der Waals surface area contributed by atoms with Crippen LogP contribution in [-0.4, -0.2) is 9.97 Å². The number of aromatic nitrogens is 2. The van der Waals surface area contributed by atoms with Crippen molar-refractivity contribution >= 4 is 32.6 Å². The predicted octanol–water partition coefficient (Wildman–Crippen LogP) is 25.9. The van der Waals surface area contributed by atoms with Crippen LogP contribution in [0.2, 0.25) is 0 Å². The second-order valence-corrected chi connectivity index (χ2v) is 25.1. The van der Waals surface area contributed by atoms with E-state index in [9.17, 15) is 10.5 Å². The first kappa shape index (κ1) is 84.4. The summed E-state index contributed by atoms with van der Waals surface area (Å²) in [5.74, 6) is -141. The van der Waals surface area contributed by atoms with Crippen LogP contribution in [0.5, 0.6) is 0 Å². The Morgan fingerprint density at radius 1 is 0.156 bits per heavy atom. The molecule has 0 bridgehead atoms. The summed E-state index contributed by atoms with van der Waals surface area (Å²) in [5.41, 5.74) is -62.1. The van der Waals surface area contributed by atoms with Gasteiger partial charge in [0.1, 0.15) is 12.1 Å². The lowest BCUT2D eigenvalue weighted by Crippen LogP contribution is -2.13. The van der Waals surface area contributed by atoms with Crippen molar-refractivity contribution in [3.8, 4) is 123 Å². The minimum Gasteiger partial charge on any atom is -0.232 e.